The molecule has 0 spiro atoms. The van der Waals surface area contributed by atoms with Gasteiger partial charge in [-0.05, 0) is 49.2 Å². The van der Waals surface area contributed by atoms with Gasteiger partial charge in [0.1, 0.15) is 0 Å². The summed E-state index contributed by atoms with van der Waals surface area (Å²) in [7, 11) is 0. The molecule has 0 fully saturated rings. The van der Waals surface area contributed by atoms with Crippen molar-refractivity contribution >= 4 is 30.1 Å². The van der Waals surface area contributed by atoms with Gasteiger partial charge >= 0.3 is 0 Å². The molecule has 0 bridgehead atoms. The second kappa shape index (κ2) is 6.42. The van der Waals surface area contributed by atoms with Gasteiger partial charge in [0.2, 0.25) is 0 Å². The summed E-state index contributed by atoms with van der Waals surface area (Å²) < 4.78 is 1.44. The number of nitrogens with one attached hydrogen (secondary N) is 2. The summed E-state index contributed by atoms with van der Waals surface area (Å²) in [5, 5.41) is 7.78. The van der Waals surface area contributed by atoms with Crippen LogP contribution in [-0.2, 0) is 0 Å². The number of nitrogens with zero attached hydrogens (tertiary/aromatic N) is 1. The van der Waals surface area contributed by atoms with Gasteiger partial charge in [-0.3, -0.25) is 9.89 Å². The lowest BCUT2D eigenvalue weighted by atomic mass is 10.1. The fourth-order valence-corrected chi connectivity index (χ4v) is 2.67. The van der Waals surface area contributed by atoms with Crippen molar-refractivity contribution in [2.24, 2.45) is 0 Å². The van der Waals surface area contributed by atoms with E-state index in [0.717, 1.165) is 16.8 Å². The summed E-state index contributed by atoms with van der Waals surface area (Å²) in [6.45, 7) is 7.97. The van der Waals surface area contributed by atoms with Crippen LogP contribution in [-0.4, -0.2) is 9.78 Å². The number of anilines is 1. The lowest BCUT2D eigenvalue weighted by Crippen LogP contribution is -2.34. The second-order valence-corrected chi connectivity index (χ2v) is 6.17. The molecule has 0 amide bonds. The number of hydrogen-bond donors (Lipinski definition) is 2. The van der Waals surface area contributed by atoms with E-state index in [1.165, 1.54) is 4.68 Å². The number of rotatable bonds is 3. The number of aryl methyl sites for hydroxylation is 2. The van der Waals surface area contributed by atoms with Crippen LogP contribution in [0.15, 0.2) is 47.3 Å². The van der Waals surface area contributed by atoms with Crippen LogP contribution in [0.4, 0.5) is 5.69 Å². The third-order valence-corrected chi connectivity index (χ3v) is 4.07. The highest BCUT2D eigenvalue weighted by Gasteiger charge is 2.05. The number of benzene rings is 2. The smallest absolute Gasteiger partial charge is 0.280 e. The topological polar surface area (TPSA) is 49.8 Å². The quantitative estimate of drug-likeness (QED) is 0.771. The van der Waals surface area contributed by atoms with Gasteiger partial charge < -0.3 is 5.32 Å². The number of aromatic nitrogens is 2. The molecule has 0 saturated carbocycles. The summed E-state index contributed by atoms with van der Waals surface area (Å²) >= 11 is 6.00. The Morgan fingerprint density at radius 2 is 2.00 bits per heavy atom. The van der Waals surface area contributed by atoms with E-state index >= 15 is 0 Å². The van der Waals surface area contributed by atoms with E-state index in [1.807, 2.05) is 32.0 Å². The number of H-pyrrole nitrogens is 1. The van der Waals surface area contributed by atoms with Crippen molar-refractivity contribution in [1.82, 2.24) is 9.78 Å². The van der Waals surface area contributed by atoms with Gasteiger partial charge in [-0.25, -0.2) is 4.68 Å². The monoisotopic (exact) mass is 339 g/mol. The zero-order chi connectivity index (χ0) is 17.3. The minimum atomic E-state index is -0.180. The van der Waals surface area contributed by atoms with E-state index < -0.39 is 0 Å². The molecule has 3 rings (SSSR count). The molecule has 0 unspecified atom stereocenters. The van der Waals surface area contributed by atoms with E-state index in [-0.39, 0.29) is 5.56 Å². The molecule has 2 aromatic carbocycles. The maximum Gasteiger partial charge on any atom is 0.280 e. The van der Waals surface area contributed by atoms with Crippen LogP contribution in [0, 0.1) is 13.8 Å². The molecule has 4 nitrogen and oxygen atoms in total. The Balaban J connectivity index is 2.05. The number of hydrogen-bond acceptors (Lipinski definition) is 2. The molecular weight excluding hydrogens is 322 g/mol. The van der Waals surface area contributed by atoms with Gasteiger partial charge in [-0.1, -0.05) is 36.4 Å². The fraction of sp³-hybridized carbons (Fsp3) is 0.105. The normalized spacial score (nSPS) is 11.7. The van der Waals surface area contributed by atoms with Crippen molar-refractivity contribution in [1.29, 1.82) is 0 Å². The van der Waals surface area contributed by atoms with Crippen molar-refractivity contribution in [2.75, 3.05) is 5.32 Å². The first-order chi connectivity index (χ1) is 11.5. The highest BCUT2D eigenvalue weighted by atomic mass is 35.5. The molecular formula is C19H18ClN3O. The van der Waals surface area contributed by atoms with Crippen LogP contribution in [0.25, 0.3) is 18.5 Å². The molecule has 5 heteroatoms. The Labute approximate surface area is 144 Å². The largest absolute Gasteiger partial charge is 0.361 e. The van der Waals surface area contributed by atoms with Gasteiger partial charge in [-0.15, -0.1) is 0 Å². The first kappa shape index (κ1) is 16.1. The zero-order valence-electron chi connectivity index (χ0n) is 13.6. The first-order valence-electron chi connectivity index (χ1n) is 7.55. The Bertz CT molecular complexity index is 1060. The molecule has 0 aliphatic rings. The van der Waals surface area contributed by atoms with Gasteiger partial charge in [-0.2, -0.15) is 0 Å². The van der Waals surface area contributed by atoms with Crippen LogP contribution in [0.2, 0.25) is 5.02 Å². The molecule has 0 aliphatic heterocycles. The Kier molecular flexibility index (Phi) is 4.32. The maximum atomic E-state index is 12.7. The minimum absolute atomic E-state index is 0.180. The number of aromatic amines is 1. The Morgan fingerprint density at radius 1 is 1.21 bits per heavy atom. The molecule has 1 aromatic heterocycles. The van der Waals surface area contributed by atoms with Gasteiger partial charge in [0.25, 0.3) is 5.56 Å². The van der Waals surface area contributed by atoms with Gasteiger partial charge in [0, 0.05) is 16.9 Å². The first-order valence-corrected chi connectivity index (χ1v) is 7.93. The molecule has 122 valence electrons. The van der Waals surface area contributed by atoms with E-state index in [4.69, 9.17) is 11.6 Å². The number of halogens is 1. The molecule has 24 heavy (non-hydrogen) atoms. The summed E-state index contributed by atoms with van der Waals surface area (Å²) in [5.74, 6) is 0. The fourth-order valence-electron chi connectivity index (χ4n) is 2.48. The average Bonchev–Trinajstić information content (AvgIpc) is 2.83. The third kappa shape index (κ3) is 3.14. The zero-order valence-corrected chi connectivity index (χ0v) is 14.3. The summed E-state index contributed by atoms with van der Waals surface area (Å²) in [4.78, 5) is 12.7. The van der Waals surface area contributed by atoms with E-state index in [0.29, 0.717) is 21.3 Å². The molecule has 0 atom stereocenters. The minimum Gasteiger partial charge on any atom is -0.361 e. The van der Waals surface area contributed by atoms with Crippen molar-refractivity contribution < 1.29 is 0 Å². The van der Waals surface area contributed by atoms with Crippen LogP contribution in [0.5, 0.6) is 0 Å². The standard InChI is InChI=1S/C19H18ClN3O/c1-12-7-8-13(2)18(9-12)21-11-17-14(3)22-23(19(17)24)16-6-4-5-15(20)10-16/h4-11,21-22H,3H2,1-2H3. The maximum absolute atomic E-state index is 12.7. The highest BCUT2D eigenvalue weighted by molar-refractivity contribution is 6.30. The van der Waals surface area contributed by atoms with E-state index in [9.17, 15) is 4.79 Å². The van der Waals surface area contributed by atoms with Crippen LogP contribution >= 0.6 is 11.6 Å². The van der Waals surface area contributed by atoms with E-state index in [2.05, 4.69) is 23.1 Å². The molecule has 0 aliphatic carbocycles. The Hall–Kier alpha value is -2.72. The highest BCUT2D eigenvalue weighted by Crippen LogP contribution is 2.16. The van der Waals surface area contributed by atoms with Gasteiger partial charge in [0.15, 0.2) is 0 Å². The predicted molar refractivity (Wildman–Crippen MR) is 100 cm³/mol. The Morgan fingerprint density at radius 3 is 2.75 bits per heavy atom. The van der Waals surface area contributed by atoms with Crippen LogP contribution in [0.1, 0.15) is 11.1 Å². The molecule has 2 N–H and O–H groups in total. The second-order valence-electron chi connectivity index (χ2n) is 5.73. The molecule has 1 heterocycles. The van der Waals surface area contributed by atoms with Crippen LogP contribution < -0.4 is 21.4 Å². The molecule has 3 aromatic rings. The summed E-state index contributed by atoms with van der Waals surface area (Å²) in [6, 6.07) is 13.2. The van der Waals surface area contributed by atoms with E-state index in [1.54, 1.807) is 24.4 Å². The van der Waals surface area contributed by atoms with Gasteiger partial charge in [0.05, 0.1) is 16.3 Å². The third-order valence-electron chi connectivity index (χ3n) is 3.84. The lowest BCUT2D eigenvalue weighted by molar-refractivity contribution is 0.838. The summed E-state index contributed by atoms with van der Waals surface area (Å²) in [6.07, 6.45) is 1.68. The van der Waals surface area contributed by atoms with Crippen molar-refractivity contribution in [3.63, 3.8) is 0 Å². The van der Waals surface area contributed by atoms with Crippen molar-refractivity contribution in [2.45, 2.75) is 13.8 Å². The SMILES string of the molecule is C=c1[nH]n(-c2cccc(Cl)c2)c(=O)c1=CNc1cc(C)ccc1C. The van der Waals surface area contributed by atoms with Crippen LogP contribution in [0.3, 0.4) is 0 Å². The molecule has 0 radical (unpaired) electrons. The van der Waals surface area contributed by atoms with Crippen molar-refractivity contribution in [3.05, 3.63) is 79.5 Å². The summed E-state index contributed by atoms with van der Waals surface area (Å²) in [5.41, 5.74) is 3.71. The average molecular weight is 340 g/mol. The molecule has 0 saturated heterocycles. The van der Waals surface area contributed by atoms with Crippen molar-refractivity contribution in [3.8, 4) is 5.69 Å². The lowest BCUT2D eigenvalue weighted by Gasteiger charge is -2.05. The predicted octanol–water partition coefficient (Wildman–Crippen LogP) is 2.70.